The molecule has 1 fully saturated rings. The Morgan fingerprint density at radius 2 is 1.89 bits per heavy atom. The first-order valence-electron chi connectivity index (χ1n) is 9.45. The lowest BCUT2D eigenvalue weighted by Crippen LogP contribution is -2.48. The molecule has 0 aliphatic carbocycles. The van der Waals surface area contributed by atoms with Gasteiger partial charge in [-0.15, -0.1) is 24.0 Å². The van der Waals surface area contributed by atoms with Crippen LogP contribution in [0.2, 0.25) is 0 Å². The minimum atomic E-state index is -2.44. The number of hydrogen-bond donors (Lipinski definition) is 1. The number of ether oxygens (including phenoxy) is 1. The molecule has 1 amide bonds. The molecule has 9 heteroatoms. The molecule has 0 aromatic carbocycles. The van der Waals surface area contributed by atoms with Gasteiger partial charge in [-0.25, -0.2) is 18.6 Å². The lowest BCUT2D eigenvalue weighted by Gasteiger charge is -2.36. The van der Waals surface area contributed by atoms with Crippen LogP contribution in [0.4, 0.5) is 13.6 Å². The van der Waals surface area contributed by atoms with E-state index in [1.807, 2.05) is 39.5 Å². The number of piperidine rings is 1. The fourth-order valence-electron chi connectivity index (χ4n) is 2.88. The van der Waals surface area contributed by atoms with Gasteiger partial charge in [0.25, 0.3) is 6.43 Å². The van der Waals surface area contributed by atoms with Gasteiger partial charge in [0.05, 0.1) is 0 Å². The number of carbonyl (C=O) groups excluding carboxylic acids is 1. The number of carbonyl (C=O) groups is 1. The lowest BCUT2D eigenvalue weighted by molar-refractivity contribution is 0.0214. The van der Waals surface area contributed by atoms with E-state index in [4.69, 9.17) is 4.74 Å². The van der Waals surface area contributed by atoms with Gasteiger partial charge in [0.1, 0.15) is 12.1 Å². The average Bonchev–Trinajstić information content (AvgIpc) is 2.55. The maximum atomic E-state index is 12.4. The number of alkyl halides is 2. The fourth-order valence-corrected chi connectivity index (χ4v) is 2.88. The topological polar surface area (TPSA) is 57.2 Å². The highest BCUT2D eigenvalue weighted by Gasteiger charge is 2.27. The van der Waals surface area contributed by atoms with Crippen LogP contribution < -0.4 is 5.32 Å². The molecular formula is C18H35F2IN4O2. The Hall–Kier alpha value is -0.870. The van der Waals surface area contributed by atoms with Crippen molar-refractivity contribution in [2.75, 3.05) is 39.3 Å². The van der Waals surface area contributed by atoms with Crippen molar-refractivity contribution in [3.8, 4) is 0 Å². The Labute approximate surface area is 179 Å². The lowest BCUT2D eigenvalue weighted by atomic mass is 9.96. The van der Waals surface area contributed by atoms with Gasteiger partial charge in [-0.2, -0.15) is 0 Å². The molecule has 1 N–H and O–H groups in total. The van der Waals surface area contributed by atoms with Crippen molar-refractivity contribution >= 4 is 36.0 Å². The van der Waals surface area contributed by atoms with E-state index >= 15 is 0 Å². The van der Waals surface area contributed by atoms with Crippen LogP contribution >= 0.6 is 24.0 Å². The second-order valence-electron chi connectivity index (χ2n) is 7.54. The molecule has 0 saturated carbocycles. The molecule has 6 nitrogen and oxygen atoms in total. The van der Waals surface area contributed by atoms with Crippen molar-refractivity contribution in [2.45, 2.75) is 59.5 Å². The summed E-state index contributed by atoms with van der Waals surface area (Å²) in [6, 6.07) is 0. The number of guanidine groups is 1. The van der Waals surface area contributed by atoms with E-state index in [0.717, 1.165) is 25.9 Å². The third-order valence-electron chi connectivity index (χ3n) is 4.14. The molecule has 0 bridgehead atoms. The van der Waals surface area contributed by atoms with E-state index in [1.165, 1.54) is 0 Å². The zero-order chi connectivity index (χ0) is 19.7. The van der Waals surface area contributed by atoms with Crippen molar-refractivity contribution in [1.29, 1.82) is 0 Å². The summed E-state index contributed by atoms with van der Waals surface area (Å²) in [5.41, 5.74) is -0.504. The fraction of sp³-hybridized carbons (Fsp3) is 0.889. The smallest absolute Gasteiger partial charge is 0.410 e. The van der Waals surface area contributed by atoms with E-state index in [1.54, 1.807) is 4.90 Å². The Morgan fingerprint density at radius 3 is 2.33 bits per heavy atom. The van der Waals surface area contributed by atoms with Crippen LogP contribution in [0.15, 0.2) is 4.99 Å². The maximum absolute atomic E-state index is 12.4. The number of hydrogen-bond acceptors (Lipinski definition) is 3. The molecular weight excluding hydrogens is 469 g/mol. The van der Waals surface area contributed by atoms with Gasteiger partial charge in [0, 0.05) is 32.7 Å². The third-order valence-corrected chi connectivity index (χ3v) is 4.14. The predicted octanol–water partition coefficient (Wildman–Crippen LogP) is 3.80. The van der Waals surface area contributed by atoms with Gasteiger partial charge in [-0.3, -0.25) is 0 Å². The molecule has 0 atom stereocenters. The van der Waals surface area contributed by atoms with Crippen LogP contribution in [0.3, 0.4) is 0 Å². The van der Waals surface area contributed by atoms with Gasteiger partial charge in [0.2, 0.25) is 0 Å². The molecule has 1 saturated heterocycles. The monoisotopic (exact) mass is 504 g/mol. The Bertz CT molecular complexity index is 465. The third kappa shape index (κ3) is 10.3. The van der Waals surface area contributed by atoms with Crippen LogP contribution in [0, 0.1) is 5.92 Å². The van der Waals surface area contributed by atoms with Crippen molar-refractivity contribution in [2.24, 2.45) is 10.9 Å². The van der Waals surface area contributed by atoms with Gasteiger partial charge in [-0.1, -0.05) is 0 Å². The summed E-state index contributed by atoms with van der Waals surface area (Å²) >= 11 is 0. The second kappa shape index (κ2) is 12.6. The summed E-state index contributed by atoms with van der Waals surface area (Å²) in [5, 5.41) is 3.08. The van der Waals surface area contributed by atoms with Crippen LogP contribution in [0.25, 0.3) is 0 Å². The number of rotatable bonds is 6. The Morgan fingerprint density at radius 1 is 1.30 bits per heavy atom. The molecule has 0 radical (unpaired) electrons. The standard InChI is InChI=1S/C18H34F2N4O2.HI/c1-6-21-16(22-12-15(19)20)24-10-8-14(9-11-24)13-23(7-2)17(25)26-18(3,4)5;/h14-15H,6-13H2,1-5H3,(H,21,22);1H. The van der Waals surface area contributed by atoms with Crippen molar-refractivity contribution in [3.63, 3.8) is 0 Å². The van der Waals surface area contributed by atoms with Crippen LogP contribution in [-0.4, -0.2) is 73.1 Å². The number of likely N-dealkylation sites (tertiary alicyclic amines) is 1. The molecule has 1 aliphatic rings. The molecule has 1 aliphatic heterocycles. The normalized spacial score (nSPS) is 16.1. The number of nitrogens with zero attached hydrogens (tertiary/aromatic N) is 3. The summed E-state index contributed by atoms with van der Waals surface area (Å²) in [6.45, 7) is 12.3. The molecule has 0 aromatic heterocycles. The van der Waals surface area contributed by atoms with Crippen molar-refractivity contribution in [3.05, 3.63) is 0 Å². The Kier molecular flexibility index (Phi) is 12.2. The highest BCUT2D eigenvalue weighted by Crippen LogP contribution is 2.20. The first-order valence-corrected chi connectivity index (χ1v) is 9.45. The molecule has 0 unspecified atom stereocenters. The van der Waals surface area contributed by atoms with Gasteiger partial charge < -0.3 is 19.9 Å². The van der Waals surface area contributed by atoms with Crippen LogP contribution in [0.1, 0.15) is 47.5 Å². The van der Waals surface area contributed by atoms with E-state index < -0.39 is 18.6 Å². The molecule has 0 aromatic rings. The maximum Gasteiger partial charge on any atom is 0.410 e. The summed E-state index contributed by atoms with van der Waals surface area (Å²) in [6.07, 6.45) is -0.945. The Balaban J connectivity index is 0.00000676. The van der Waals surface area contributed by atoms with Gasteiger partial charge in [-0.05, 0) is 53.4 Å². The van der Waals surface area contributed by atoms with Crippen molar-refractivity contribution in [1.82, 2.24) is 15.1 Å². The summed E-state index contributed by atoms with van der Waals surface area (Å²) in [7, 11) is 0. The van der Waals surface area contributed by atoms with Gasteiger partial charge >= 0.3 is 6.09 Å². The number of aliphatic imine (C=N–C) groups is 1. The van der Waals surface area contributed by atoms with Crippen LogP contribution in [-0.2, 0) is 4.74 Å². The molecule has 0 spiro atoms. The van der Waals surface area contributed by atoms with E-state index in [9.17, 15) is 13.6 Å². The highest BCUT2D eigenvalue weighted by molar-refractivity contribution is 14.0. The molecule has 160 valence electrons. The van der Waals surface area contributed by atoms with Crippen molar-refractivity contribution < 1.29 is 18.3 Å². The van der Waals surface area contributed by atoms with E-state index in [0.29, 0.717) is 31.5 Å². The molecule has 1 heterocycles. The van der Waals surface area contributed by atoms with Gasteiger partial charge in [0.15, 0.2) is 5.96 Å². The molecule has 27 heavy (non-hydrogen) atoms. The minimum absolute atomic E-state index is 0. The predicted molar refractivity (Wildman–Crippen MR) is 115 cm³/mol. The number of halogens is 3. The molecule has 1 rings (SSSR count). The zero-order valence-electron chi connectivity index (χ0n) is 17.1. The SMILES string of the molecule is CCNC(=NCC(F)F)N1CCC(CN(CC)C(=O)OC(C)(C)C)CC1.I. The minimum Gasteiger partial charge on any atom is -0.444 e. The van der Waals surface area contributed by atoms with Crippen LogP contribution in [0.5, 0.6) is 0 Å². The first kappa shape index (κ1) is 26.1. The largest absolute Gasteiger partial charge is 0.444 e. The number of amides is 1. The van der Waals surface area contributed by atoms with E-state index in [-0.39, 0.29) is 30.1 Å². The first-order chi connectivity index (χ1) is 12.2. The summed E-state index contributed by atoms with van der Waals surface area (Å²) in [5.74, 6) is 0.919. The quantitative estimate of drug-likeness (QED) is 0.340. The zero-order valence-corrected chi connectivity index (χ0v) is 19.5. The van der Waals surface area contributed by atoms with E-state index in [2.05, 4.69) is 10.3 Å². The highest BCUT2D eigenvalue weighted by atomic mass is 127. The second-order valence-corrected chi connectivity index (χ2v) is 7.54. The summed E-state index contributed by atoms with van der Waals surface area (Å²) < 4.78 is 30.3. The number of nitrogens with one attached hydrogen (secondary N) is 1. The summed E-state index contributed by atoms with van der Waals surface area (Å²) in [4.78, 5) is 20.0. The average molecular weight is 504 g/mol.